The largest absolute Gasteiger partial charge is 0.491 e. The molecule has 0 aliphatic rings. The maximum atomic E-state index is 13.1. The summed E-state index contributed by atoms with van der Waals surface area (Å²) in [5.74, 6) is 0.323. The van der Waals surface area contributed by atoms with Gasteiger partial charge < -0.3 is 9.47 Å². The van der Waals surface area contributed by atoms with Gasteiger partial charge in [0.2, 0.25) is 0 Å². The summed E-state index contributed by atoms with van der Waals surface area (Å²) in [7, 11) is 0. The Labute approximate surface area is 167 Å². The molecule has 0 aliphatic heterocycles. The second-order valence-corrected chi connectivity index (χ2v) is 8.00. The molecule has 28 heavy (non-hydrogen) atoms. The minimum Gasteiger partial charge on any atom is -0.491 e. The van der Waals surface area contributed by atoms with Gasteiger partial charge in [-0.25, -0.2) is 9.78 Å². The highest BCUT2D eigenvalue weighted by atomic mass is 32.1. The predicted molar refractivity (Wildman–Crippen MR) is 111 cm³/mol. The van der Waals surface area contributed by atoms with E-state index in [1.54, 1.807) is 20.8 Å². The van der Waals surface area contributed by atoms with E-state index in [9.17, 15) is 9.59 Å². The first-order chi connectivity index (χ1) is 13.3. The summed E-state index contributed by atoms with van der Waals surface area (Å²) in [6.07, 6.45) is 1.26. The van der Waals surface area contributed by atoms with Gasteiger partial charge in [-0.1, -0.05) is 12.1 Å². The minimum absolute atomic E-state index is 0.0938. The average Bonchev–Trinajstić information content (AvgIpc) is 3.06. The highest BCUT2D eigenvalue weighted by Gasteiger charge is 2.22. The van der Waals surface area contributed by atoms with E-state index in [-0.39, 0.29) is 17.8 Å². The third kappa shape index (κ3) is 4.09. The molecule has 2 aromatic heterocycles. The number of ether oxygens (including phenoxy) is 2. The van der Waals surface area contributed by atoms with Crippen molar-refractivity contribution >= 4 is 27.5 Å². The molecule has 1 atom stereocenters. The molecular formula is C21H24N2O4S. The first-order valence-corrected chi connectivity index (χ1v) is 10.1. The first kappa shape index (κ1) is 20.1. The van der Waals surface area contributed by atoms with Crippen molar-refractivity contribution in [1.29, 1.82) is 0 Å². The van der Waals surface area contributed by atoms with Crippen molar-refractivity contribution in [3.63, 3.8) is 0 Å². The molecule has 0 spiro atoms. The van der Waals surface area contributed by atoms with E-state index in [1.165, 1.54) is 22.2 Å². The SMILES string of the molecule is CC(C)OC(=O)[C@H](C)n1cnc2scc(-c3ccc(OC(C)C)cc3)c2c1=O. The van der Waals surface area contributed by atoms with Crippen molar-refractivity contribution in [2.45, 2.75) is 52.9 Å². The van der Waals surface area contributed by atoms with Crippen LogP contribution in [-0.4, -0.2) is 27.7 Å². The van der Waals surface area contributed by atoms with Crippen molar-refractivity contribution in [3.05, 3.63) is 46.3 Å². The van der Waals surface area contributed by atoms with Crippen LogP contribution in [0.3, 0.4) is 0 Å². The summed E-state index contributed by atoms with van der Waals surface area (Å²) in [6.45, 7) is 9.14. The van der Waals surface area contributed by atoms with Crippen LogP contribution in [0, 0.1) is 0 Å². The number of carbonyl (C=O) groups is 1. The number of rotatable bonds is 6. The molecule has 0 unspecified atom stereocenters. The molecule has 0 saturated carbocycles. The summed E-state index contributed by atoms with van der Waals surface area (Å²) in [6, 6.07) is 6.87. The maximum absolute atomic E-state index is 13.1. The molecule has 0 aliphatic carbocycles. The van der Waals surface area contributed by atoms with Crippen molar-refractivity contribution in [2.75, 3.05) is 0 Å². The van der Waals surface area contributed by atoms with Gasteiger partial charge in [0.1, 0.15) is 16.6 Å². The van der Waals surface area contributed by atoms with Gasteiger partial charge in [-0.05, 0) is 52.3 Å². The molecule has 0 saturated heterocycles. The summed E-state index contributed by atoms with van der Waals surface area (Å²) in [4.78, 5) is 30.4. The molecule has 0 radical (unpaired) electrons. The van der Waals surface area contributed by atoms with Gasteiger partial charge in [0.25, 0.3) is 5.56 Å². The van der Waals surface area contributed by atoms with Gasteiger partial charge in [-0.15, -0.1) is 11.3 Å². The Morgan fingerprint density at radius 3 is 2.36 bits per heavy atom. The lowest BCUT2D eigenvalue weighted by molar-refractivity contribution is -0.151. The number of benzene rings is 1. The lowest BCUT2D eigenvalue weighted by Gasteiger charge is -2.16. The molecule has 3 rings (SSSR count). The molecule has 0 bridgehead atoms. The van der Waals surface area contributed by atoms with Crippen LogP contribution in [0.4, 0.5) is 0 Å². The van der Waals surface area contributed by atoms with E-state index < -0.39 is 12.0 Å². The zero-order chi connectivity index (χ0) is 20.4. The standard InChI is InChI=1S/C21H24N2O4S/c1-12(2)26-16-8-6-15(7-9-16)17-10-28-19-18(17)20(24)23(11-22-19)14(5)21(25)27-13(3)4/h6-14H,1-5H3/t14-/m0/s1. The predicted octanol–water partition coefficient (Wildman–Crippen LogP) is 4.42. The normalized spacial score (nSPS) is 12.5. The van der Waals surface area contributed by atoms with Crippen molar-refractivity contribution in [1.82, 2.24) is 9.55 Å². The number of hydrogen-bond acceptors (Lipinski definition) is 6. The summed E-state index contributed by atoms with van der Waals surface area (Å²) >= 11 is 1.41. The lowest BCUT2D eigenvalue weighted by atomic mass is 10.1. The number of nitrogens with zero attached hydrogens (tertiary/aromatic N) is 2. The number of carbonyl (C=O) groups excluding carboxylic acids is 1. The van der Waals surface area contributed by atoms with Crippen molar-refractivity contribution in [3.8, 4) is 16.9 Å². The van der Waals surface area contributed by atoms with E-state index in [0.717, 1.165) is 16.9 Å². The Bertz CT molecular complexity index is 1030. The van der Waals surface area contributed by atoms with E-state index in [4.69, 9.17) is 9.47 Å². The minimum atomic E-state index is -0.749. The second-order valence-electron chi connectivity index (χ2n) is 7.14. The number of hydrogen-bond donors (Lipinski definition) is 0. The highest BCUT2D eigenvalue weighted by molar-refractivity contribution is 7.17. The molecule has 3 aromatic rings. The van der Waals surface area contributed by atoms with E-state index >= 15 is 0 Å². The fourth-order valence-corrected chi connectivity index (χ4v) is 3.77. The fourth-order valence-electron chi connectivity index (χ4n) is 2.86. The van der Waals surface area contributed by atoms with Crippen LogP contribution in [0.25, 0.3) is 21.3 Å². The molecule has 148 valence electrons. The van der Waals surface area contributed by atoms with Gasteiger partial charge in [0, 0.05) is 10.9 Å². The second kappa shape index (κ2) is 8.14. The zero-order valence-corrected chi connectivity index (χ0v) is 17.4. The Morgan fingerprint density at radius 2 is 1.75 bits per heavy atom. The summed E-state index contributed by atoms with van der Waals surface area (Å²) < 4.78 is 12.2. The summed E-state index contributed by atoms with van der Waals surface area (Å²) in [5.41, 5.74) is 1.45. The Morgan fingerprint density at radius 1 is 1.07 bits per heavy atom. The zero-order valence-electron chi connectivity index (χ0n) is 16.6. The fraction of sp³-hybridized carbons (Fsp3) is 0.381. The Kier molecular flexibility index (Phi) is 5.84. The molecule has 6 nitrogen and oxygen atoms in total. The third-order valence-corrected chi connectivity index (χ3v) is 5.05. The summed E-state index contributed by atoms with van der Waals surface area (Å²) in [5, 5.41) is 2.42. The topological polar surface area (TPSA) is 70.4 Å². The van der Waals surface area contributed by atoms with Gasteiger partial charge in [-0.3, -0.25) is 9.36 Å². The lowest BCUT2D eigenvalue weighted by Crippen LogP contribution is -2.30. The quantitative estimate of drug-likeness (QED) is 0.573. The van der Waals surface area contributed by atoms with Gasteiger partial charge in [0.15, 0.2) is 0 Å². The molecule has 1 aromatic carbocycles. The molecule has 2 heterocycles. The smallest absolute Gasteiger partial charge is 0.329 e. The molecule has 7 heteroatoms. The van der Waals surface area contributed by atoms with Crippen LogP contribution in [0.2, 0.25) is 0 Å². The van der Waals surface area contributed by atoms with Crippen LogP contribution in [-0.2, 0) is 9.53 Å². The number of thiophene rings is 1. The van der Waals surface area contributed by atoms with Gasteiger partial charge in [0.05, 0.1) is 23.9 Å². The Balaban J connectivity index is 2.01. The van der Waals surface area contributed by atoms with Crippen molar-refractivity contribution < 1.29 is 14.3 Å². The van der Waals surface area contributed by atoms with E-state index in [0.29, 0.717) is 10.2 Å². The molecule has 0 fully saturated rings. The molecule has 0 amide bonds. The van der Waals surface area contributed by atoms with Crippen LogP contribution in [0.15, 0.2) is 40.8 Å². The average molecular weight is 401 g/mol. The van der Waals surface area contributed by atoms with E-state index in [1.807, 2.05) is 43.5 Å². The van der Waals surface area contributed by atoms with Gasteiger partial charge in [-0.2, -0.15) is 0 Å². The first-order valence-electron chi connectivity index (χ1n) is 9.24. The van der Waals surface area contributed by atoms with E-state index in [2.05, 4.69) is 4.98 Å². The van der Waals surface area contributed by atoms with Crippen LogP contribution in [0.1, 0.15) is 40.7 Å². The number of esters is 1. The number of aromatic nitrogens is 2. The van der Waals surface area contributed by atoms with Crippen molar-refractivity contribution in [2.24, 2.45) is 0 Å². The third-order valence-electron chi connectivity index (χ3n) is 4.17. The number of fused-ring (bicyclic) bond motifs is 1. The van der Waals surface area contributed by atoms with Crippen LogP contribution < -0.4 is 10.3 Å². The monoisotopic (exact) mass is 400 g/mol. The van der Waals surface area contributed by atoms with Gasteiger partial charge >= 0.3 is 5.97 Å². The molecule has 0 N–H and O–H groups in total. The molecular weight excluding hydrogens is 376 g/mol. The highest BCUT2D eigenvalue weighted by Crippen LogP contribution is 2.32. The van der Waals surface area contributed by atoms with Crippen LogP contribution in [0.5, 0.6) is 5.75 Å². The van der Waals surface area contributed by atoms with Crippen LogP contribution >= 0.6 is 11.3 Å². The maximum Gasteiger partial charge on any atom is 0.329 e. The Hall–Kier alpha value is -2.67.